The van der Waals surface area contributed by atoms with Gasteiger partial charge in [-0.25, -0.2) is 4.98 Å². The number of anilines is 3. The molecule has 3 aromatic rings. The summed E-state index contributed by atoms with van der Waals surface area (Å²) in [5, 5.41) is 26.9. The van der Waals surface area contributed by atoms with Gasteiger partial charge in [0.05, 0.1) is 39.5 Å². The SMILES string of the molecule is CN(CCO)Cc1csc(C(=O)Nc2c(C(=O)Nc3ccc(Cl)cn3)cc(Cl)cc2N2CCC(C(=O)O)CC2)c1Cl. The highest BCUT2D eigenvalue weighted by Crippen LogP contribution is 2.38. The van der Waals surface area contributed by atoms with E-state index in [2.05, 4.69) is 15.6 Å². The lowest BCUT2D eigenvalue weighted by atomic mass is 9.96. The summed E-state index contributed by atoms with van der Waals surface area (Å²) in [7, 11) is 1.83. The minimum absolute atomic E-state index is 0.00889. The molecule has 2 amide bonds. The van der Waals surface area contributed by atoms with E-state index in [0.717, 1.165) is 5.56 Å². The third-order valence-corrected chi connectivity index (χ3v) is 8.66. The average molecular weight is 641 g/mol. The maximum Gasteiger partial charge on any atom is 0.306 e. The third kappa shape index (κ3) is 7.68. The first kappa shape index (κ1) is 31.0. The Morgan fingerprint density at radius 1 is 1.10 bits per heavy atom. The summed E-state index contributed by atoms with van der Waals surface area (Å²) in [6.45, 7) is 1.66. The van der Waals surface area contributed by atoms with E-state index in [9.17, 15) is 24.6 Å². The predicted octanol–water partition coefficient (Wildman–Crippen LogP) is 5.33. The van der Waals surface area contributed by atoms with Crippen molar-refractivity contribution in [2.75, 3.05) is 48.8 Å². The van der Waals surface area contributed by atoms with Gasteiger partial charge in [0.25, 0.3) is 11.8 Å². The fourth-order valence-corrected chi connectivity index (χ4v) is 6.07. The number of nitrogens with zero attached hydrogens (tertiary/aromatic N) is 3. The number of aromatic nitrogens is 1. The van der Waals surface area contributed by atoms with E-state index >= 15 is 0 Å². The molecule has 2 aromatic heterocycles. The van der Waals surface area contributed by atoms with Crippen LogP contribution in [0.15, 0.2) is 35.8 Å². The first-order valence-electron chi connectivity index (χ1n) is 12.7. The number of hydrogen-bond donors (Lipinski definition) is 4. The van der Waals surface area contributed by atoms with Crippen LogP contribution in [0, 0.1) is 5.92 Å². The van der Waals surface area contributed by atoms with Gasteiger partial charge in [-0.3, -0.25) is 19.3 Å². The number of aliphatic carboxylic acids is 1. The van der Waals surface area contributed by atoms with Gasteiger partial charge in [-0.05, 0) is 55.1 Å². The summed E-state index contributed by atoms with van der Waals surface area (Å²) >= 11 is 20.1. The Morgan fingerprint density at radius 3 is 2.46 bits per heavy atom. The zero-order valence-corrected chi connectivity index (χ0v) is 25.1. The smallest absolute Gasteiger partial charge is 0.306 e. The summed E-state index contributed by atoms with van der Waals surface area (Å²) < 4.78 is 0. The second kappa shape index (κ2) is 13.8. The van der Waals surface area contributed by atoms with Gasteiger partial charge in [0.15, 0.2) is 0 Å². The molecule has 0 bridgehead atoms. The molecule has 0 unspecified atom stereocenters. The van der Waals surface area contributed by atoms with Crippen LogP contribution < -0.4 is 15.5 Å². The van der Waals surface area contributed by atoms with Crippen molar-refractivity contribution in [1.29, 1.82) is 0 Å². The zero-order chi connectivity index (χ0) is 29.7. The number of carbonyl (C=O) groups is 3. The van der Waals surface area contributed by atoms with Crippen LogP contribution in [0.1, 0.15) is 38.4 Å². The Bertz CT molecular complexity index is 1430. The number of piperidine rings is 1. The maximum atomic E-state index is 13.6. The molecule has 1 aromatic carbocycles. The van der Waals surface area contributed by atoms with Crippen molar-refractivity contribution in [1.82, 2.24) is 9.88 Å². The van der Waals surface area contributed by atoms with E-state index in [4.69, 9.17) is 34.8 Å². The number of benzene rings is 1. The van der Waals surface area contributed by atoms with Gasteiger partial charge < -0.3 is 25.7 Å². The molecule has 3 heterocycles. The van der Waals surface area contributed by atoms with Gasteiger partial charge >= 0.3 is 5.97 Å². The van der Waals surface area contributed by atoms with Crippen molar-refractivity contribution in [2.24, 2.45) is 5.92 Å². The fraction of sp³-hybridized carbons (Fsp3) is 0.333. The molecule has 1 fully saturated rings. The number of aliphatic hydroxyl groups is 1. The highest BCUT2D eigenvalue weighted by Gasteiger charge is 2.29. The van der Waals surface area contributed by atoms with E-state index in [1.165, 1.54) is 23.6 Å². The molecule has 1 aliphatic rings. The molecule has 41 heavy (non-hydrogen) atoms. The van der Waals surface area contributed by atoms with Crippen LogP contribution in [0.25, 0.3) is 0 Å². The second-order valence-electron chi connectivity index (χ2n) is 9.58. The molecule has 0 aliphatic carbocycles. The zero-order valence-electron chi connectivity index (χ0n) is 22.0. The Labute approximate surface area is 255 Å². The highest BCUT2D eigenvalue weighted by molar-refractivity contribution is 7.13. The van der Waals surface area contributed by atoms with Crippen molar-refractivity contribution in [2.45, 2.75) is 19.4 Å². The number of pyridine rings is 1. The highest BCUT2D eigenvalue weighted by atomic mass is 35.5. The summed E-state index contributed by atoms with van der Waals surface area (Å²) in [6, 6.07) is 6.21. The lowest BCUT2D eigenvalue weighted by Crippen LogP contribution is -2.37. The first-order valence-corrected chi connectivity index (χ1v) is 14.7. The number of carbonyl (C=O) groups excluding carboxylic acids is 2. The number of thiophene rings is 1. The van der Waals surface area contributed by atoms with Crippen molar-refractivity contribution in [3.8, 4) is 0 Å². The molecular weight excluding hydrogens is 613 g/mol. The van der Waals surface area contributed by atoms with E-state index in [1.54, 1.807) is 23.6 Å². The standard InChI is InChI=1S/C27H28Cl3N5O5S/c1-34(8-9-36)13-16-14-41-24(22(16)30)26(38)33-23-19(25(37)32-21-3-2-17(28)12-31-21)10-18(29)11-20(23)35-6-4-15(5-7-35)27(39)40/h2-3,10-12,14-15,36H,4-9,13H2,1H3,(H,33,38)(H,39,40)(H,31,32,37). The largest absolute Gasteiger partial charge is 0.481 e. The molecule has 10 nitrogen and oxygen atoms in total. The van der Waals surface area contributed by atoms with Gasteiger partial charge in [-0.2, -0.15) is 0 Å². The molecule has 0 atom stereocenters. The lowest BCUT2D eigenvalue weighted by Gasteiger charge is -2.34. The summed E-state index contributed by atoms with van der Waals surface area (Å²) in [6.07, 6.45) is 2.18. The van der Waals surface area contributed by atoms with Gasteiger partial charge in [0.2, 0.25) is 0 Å². The fourth-order valence-electron chi connectivity index (χ4n) is 4.50. The molecule has 1 aliphatic heterocycles. The van der Waals surface area contributed by atoms with Crippen LogP contribution in [0.3, 0.4) is 0 Å². The number of likely N-dealkylation sites (N-methyl/N-ethyl adjacent to an activating group) is 1. The molecule has 218 valence electrons. The maximum absolute atomic E-state index is 13.6. The van der Waals surface area contributed by atoms with E-state index < -0.39 is 23.7 Å². The summed E-state index contributed by atoms with van der Waals surface area (Å²) in [5.41, 5.74) is 1.52. The number of halogens is 3. The van der Waals surface area contributed by atoms with Crippen molar-refractivity contribution >= 4 is 81.1 Å². The third-order valence-electron chi connectivity index (χ3n) is 6.65. The summed E-state index contributed by atoms with van der Waals surface area (Å²) in [4.78, 5) is 46.7. The Hall–Kier alpha value is -2.93. The van der Waals surface area contributed by atoms with Crippen LogP contribution in [-0.2, 0) is 11.3 Å². The summed E-state index contributed by atoms with van der Waals surface area (Å²) in [5.74, 6) is -2.16. The Morgan fingerprint density at radius 2 is 1.83 bits per heavy atom. The van der Waals surface area contributed by atoms with E-state index in [1.807, 2.05) is 16.8 Å². The Balaban J connectivity index is 1.69. The molecule has 14 heteroatoms. The molecular formula is C27H28Cl3N5O5S. The molecule has 0 saturated carbocycles. The number of rotatable bonds is 10. The molecule has 4 rings (SSSR count). The van der Waals surface area contributed by atoms with E-state index in [0.29, 0.717) is 49.7 Å². The minimum atomic E-state index is -0.854. The van der Waals surface area contributed by atoms with Crippen molar-refractivity contribution in [3.05, 3.63) is 66.9 Å². The van der Waals surface area contributed by atoms with Crippen LogP contribution in [0.2, 0.25) is 15.1 Å². The number of nitrogens with one attached hydrogen (secondary N) is 2. The average Bonchev–Trinajstić information content (AvgIpc) is 3.30. The van der Waals surface area contributed by atoms with Crippen LogP contribution >= 0.6 is 46.1 Å². The molecule has 0 spiro atoms. The second-order valence-corrected chi connectivity index (χ2v) is 11.7. The lowest BCUT2D eigenvalue weighted by molar-refractivity contribution is -0.142. The van der Waals surface area contributed by atoms with Crippen LogP contribution in [0.5, 0.6) is 0 Å². The quantitative estimate of drug-likeness (QED) is 0.234. The number of carboxylic acid groups (broad SMARTS) is 1. The monoisotopic (exact) mass is 639 g/mol. The van der Waals surface area contributed by atoms with Crippen LogP contribution in [0.4, 0.5) is 17.2 Å². The van der Waals surface area contributed by atoms with Gasteiger partial charge in [0.1, 0.15) is 10.7 Å². The Kier molecular flexibility index (Phi) is 10.5. The first-order chi connectivity index (χ1) is 19.6. The molecule has 1 saturated heterocycles. The number of amides is 2. The van der Waals surface area contributed by atoms with Gasteiger partial charge in [-0.1, -0.05) is 34.8 Å². The van der Waals surface area contributed by atoms with Gasteiger partial charge in [0, 0.05) is 37.4 Å². The predicted molar refractivity (Wildman–Crippen MR) is 162 cm³/mol. The number of aliphatic hydroxyl groups excluding tert-OH is 1. The topological polar surface area (TPSA) is 135 Å². The number of carboxylic acids is 1. The molecule has 4 N–H and O–H groups in total. The van der Waals surface area contributed by atoms with Crippen LogP contribution in [-0.4, -0.2) is 71.2 Å². The molecule has 0 radical (unpaired) electrons. The minimum Gasteiger partial charge on any atom is -0.481 e. The van der Waals surface area contributed by atoms with Gasteiger partial charge in [-0.15, -0.1) is 11.3 Å². The van der Waals surface area contributed by atoms with Crippen molar-refractivity contribution in [3.63, 3.8) is 0 Å². The van der Waals surface area contributed by atoms with E-state index in [-0.39, 0.29) is 38.6 Å². The number of hydrogen-bond acceptors (Lipinski definition) is 8. The normalized spacial score (nSPS) is 13.9. The van der Waals surface area contributed by atoms with Crippen molar-refractivity contribution < 1.29 is 24.6 Å².